The number of amides is 1. The molecular weight excluding hydrogens is 500 g/mol. The maximum atomic E-state index is 13.1. The topological polar surface area (TPSA) is 76.7 Å². The SMILES string of the molecule is CCCCCCCCC(CCCCCCCC)OC(=O)C(C)(C)CCCCCCNCCNC(=O)OC(C)(C)C. The monoisotopic (exact) mass is 569 g/mol. The fraction of sp³-hybridized carbons (Fsp3) is 0.941. The second-order valence-corrected chi connectivity index (χ2v) is 13.4. The number of carbonyl (C=O) groups is 2. The van der Waals surface area contributed by atoms with Gasteiger partial charge in [-0.25, -0.2) is 4.79 Å². The van der Waals surface area contributed by atoms with Gasteiger partial charge in [-0.05, 0) is 79.7 Å². The van der Waals surface area contributed by atoms with E-state index in [9.17, 15) is 9.59 Å². The maximum Gasteiger partial charge on any atom is 0.407 e. The average Bonchev–Trinajstić information content (AvgIpc) is 2.87. The molecule has 0 aromatic heterocycles. The number of hydrogen-bond donors (Lipinski definition) is 2. The van der Waals surface area contributed by atoms with E-state index in [0.717, 1.165) is 58.0 Å². The van der Waals surface area contributed by atoms with Crippen molar-refractivity contribution in [1.29, 1.82) is 0 Å². The van der Waals surface area contributed by atoms with Gasteiger partial charge in [0.15, 0.2) is 0 Å². The predicted molar refractivity (Wildman–Crippen MR) is 170 cm³/mol. The second kappa shape index (κ2) is 24.3. The maximum absolute atomic E-state index is 13.1. The van der Waals surface area contributed by atoms with Gasteiger partial charge in [-0.15, -0.1) is 0 Å². The van der Waals surface area contributed by atoms with Crippen molar-refractivity contribution < 1.29 is 19.1 Å². The fourth-order valence-corrected chi connectivity index (χ4v) is 4.84. The van der Waals surface area contributed by atoms with Crippen molar-refractivity contribution in [3.05, 3.63) is 0 Å². The Labute approximate surface area is 248 Å². The van der Waals surface area contributed by atoms with Gasteiger partial charge >= 0.3 is 12.1 Å². The Bertz CT molecular complexity index is 600. The highest BCUT2D eigenvalue weighted by atomic mass is 16.6. The summed E-state index contributed by atoms with van der Waals surface area (Å²) in [7, 11) is 0. The van der Waals surface area contributed by atoms with Gasteiger partial charge < -0.3 is 20.1 Å². The Hall–Kier alpha value is -1.30. The zero-order chi connectivity index (χ0) is 30.1. The first kappa shape index (κ1) is 38.7. The van der Waals surface area contributed by atoms with Crippen molar-refractivity contribution in [2.45, 2.75) is 182 Å². The van der Waals surface area contributed by atoms with E-state index in [1.165, 1.54) is 77.0 Å². The van der Waals surface area contributed by atoms with Crippen molar-refractivity contribution in [3.63, 3.8) is 0 Å². The van der Waals surface area contributed by atoms with E-state index in [-0.39, 0.29) is 18.2 Å². The van der Waals surface area contributed by atoms with Crippen LogP contribution in [0.2, 0.25) is 0 Å². The van der Waals surface area contributed by atoms with Gasteiger partial charge in [0.2, 0.25) is 0 Å². The first-order chi connectivity index (χ1) is 19.0. The molecule has 0 atom stereocenters. The Kier molecular flexibility index (Phi) is 23.5. The lowest BCUT2D eigenvalue weighted by molar-refractivity contribution is -0.161. The quantitative estimate of drug-likeness (QED) is 0.0802. The van der Waals surface area contributed by atoms with Crippen molar-refractivity contribution in [1.82, 2.24) is 10.6 Å². The summed E-state index contributed by atoms with van der Waals surface area (Å²) in [5.74, 6) is -0.00591. The van der Waals surface area contributed by atoms with Crippen LogP contribution < -0.4 is 10.6 Å². The zero-order valence-corrected chi connectivity index (χ0v) is 27.8. The molecule has 0 bridgehead atoms. The Balaban J connectivity index is 4.20. The van der Waals surface area contributed by atoms with Crippen LogP contribution in [0.15, 0.2) is 0 Å². The van der Waals surface area contributed by atoms with E-state index in [1.807, 2.05) is 20.8 Å². The largest absolute Gasteiger partial charge is 0.462 e. The van der Waals surface area contributed by atoms with E-state index in [2.05, 4.69) is 38.3 Å². The number of nitrogens with one attached hydrogen (secondary N) is 2. The Morgan fingerprint density at radius 3 is 1.68 bits per heavy atom. The summed E-state index contributed by atoms with van der Waals surface area (Å²) < 4.78 is 11.4. The second-order valence-electron chi connectivity index (χ2n) is 13.4. The van der Waals surface area contributed by atoms with Gasteiger partial charge in [0.1, 0.15) is 11.7 Å². The molecule has 0 aromatic rings. The minimum atomic E-state index is -0.467. The van der Waals surface area contributed by atoms with Crippen molar-refractivity contribution in [2.24, 2.45) is 5.41 Å². The highest BCUT2D eigenvalue weighted by molar-refractivity contribution is 5.76. The van der Waals surface area contributed by atoms with Gasteiger partial charge in [0.25, 0.3) is 0 Å². The Morgan fingerprint density at radius 1 is 0.625 bits per heavy atom. The molecule has 0 spiro atoms. The minimum Gasteiger partial charge on any atom is -0.462 e. The first-order valence-corrected chi connectivity index (χ1v) is 16.9. The molecule has 0 rings (SSSR count). The van der Waals surface area contributed by atoms with Crippen LogP contribution in [0.5, 0.6) is 0 Å². The van der Waals surface area contributed by atoms with E-state index >= 15 is 0 Å². The molecule has 0 unspecified atom stereocenters. The molecule has 0 radical (unpaired) electrons. The van der Waals surface area contributed by atoms with Crippen LogP contribution in [-0.4, -0.2) is 43.4 Å². The molecule has 0 aromatic carbocycles. The van der Waals surface area contributed by atoms with Crippen LogP contribution in [-0.2, 0) is 14.3 Å². The third-order valence-corrected chi connectivity index (χ3v) is 7.46. The highest BCUT2D eigenvalue weighted by Gasteiger charge is 2.30. The van der Waals surface area contributed by atoms with Gasteiger partial charge in [-0.1, -0.05) is 97.3 Å². The van der Waals surface area contributed by atoms with Crippen molar-refractivity contribution >= 4 is 12.1 Å². The summed E-state index contributed by atoms with van der Waals surface area (Å²) in [6.45, 7) is 16.4. The number of esters is 1. The molecule has 6 heteroatoms. The number of rotatable bonds is 26. The van der Waals surface area contributed by atoms with Gasteiger partial charge in [-0.3, -0.25) is 4.79 Å². The van der Waals surface area contributed by atoms with Crippen LogP contribution in [0, 0.1) is 5.41 Å². The first-order valence-electron chi connectivity index (χ1n) is 16.9. The molecule has 0 aliphatic rings. The molecular formula is C34H68N2O4. The number of carbonyl (C=O) groups excluding carboxylic acids is 2. The summed E-state index contributed by atoms with van der Waals surface area (Å²) >= 11 is 0. The lowest BCUT2D eigenvalue weighted by Crippen LogP contribution is -2.36. The molecule has 40 heavy (non-hydrogen) atoms. The lowest BCUT2D eigenvalue weighted by atomic mass is 9.86. The van der Waals surface area contributed by atoms with Crippen molar-refractivity contribution in [2.75, 3.05) is 19.6 Å². The van der Waals surface area contributed by atoms with Gasteiger partial charge in [0, 0.05) is 13.1 Å². The highest BCUT2D eigenvalue weighted by Crippen LogP contribution is 2.28. The number of ether oxygens (including phenoxy) is 2. The zero-order valence-electron chi connectivity index (χ0n) is 27.8. The molecule has 0 aliphatic carbocycles. The normalized spacial score (nSPS) is 12.1. The molecule has 0 aliphatic heterocycles. The molecule has 6 nitrogen and oxygen atoms in total. The molecule has 0 heterocycles. The molecule has 2 N–H and O–H groups in total. The van der Waals surface area contributed by atoms with Crippen LogP contribution in [0.4, 0.5) is 4.79 Å². The summed E-state index contributed by atoms with van der Waals surface area (Å²) in [6, 6.07) is 0. The Morgan fingerprint density at radius 2 is 1.12 bits per heavy atom. The molecule has 238 valence electrons. The smallest absolute Gasteiger partial charge is 0.407 e. The number of alkyl carbamates (subject to hydrolysis) is 1. The van der Waals surface area contributed by atoms with Gasteiger partial charge in [-0.2, -0.15) is 0 Å². The van der Waals surface area contributed by atoms with Crippen LogP contribution >= 0.6 is 0 Å². The lowest BCUT2D eigenvalue weighted by Gasteiger charge is -2.27. The minimum absolute atomic E-state index is 0.00591. The van der Waals surface area contributed by atoms with E-state index in [1.54, 1.807) is 0 Å². The van der Waals surface area contributed by atoms with Crippen molar-refractivity contribution in [3.8, 4) is 0 Å². The summed E-state index contributed by atoms with van der Waals surface area (Å²) in [5, 5.41) is 6.13. The third kappa shape index (κ3) is 24.5. The predicted octanol–water partition coefficient (Wildman–Crippen LogP) is 9.49. The molecule has 0 fully saturated rings. The van der Waals surface area contributed by atoms with E-state index in [4.69, 9.17) is 9.47 Å². The van der Waals surface area contributed by atoms with Crippen LogP contribution in [0.1, 0.15) is 170 Å². The fourth-order valence-electron chi connectivity index (χ4n) is 4.84. The molecule has 0 saturated heterocycles. The number of hydrogen-bond acceptors (Lipinski definition) is 5. The number of unbranched alkanes of at least 4 members (excludes halogenated alkanes) is 13. The molecule has 0 saturated carbocycles. The third-order valence-electron chi connectivity index (χ3n) is 7.46. The van der Waals surface area contributed by atoms with Crippen LogP contribution in [0.3, 0.4) is 0 Å². The summed E-state index contributed by atoms with van der Waals surface area (Å²) in [4.78, 5) is 24.8. The summed E-state index contributed by atoms with van der Waals surface area (Å²) in [5.41, 5.74) is -0.891. The van der Waals surface area contributed by atoms with Crippen LogP contribution in [0.25, 0.3) is 0 Å². The van der Waals surface area contributed by atoms with E-state index in [0.29, 0.717) is 6.54 Å². The average molecular weight is 569 g/mol. The standard InChI is InChI=1S/C34H68N2O4/c1-8-10-12-14-16-20-24-30(25-21-17-15-13-11-9-2)39-31(37)34(6,7)26-22-18-19-23-27-35-28-29-36-32(38)40-33(3,4)5/h30,35H,8-29H2,1-7H3,(H,36,38). The molecule has 1 amide bonds. The summed E-state index contributed by atoms with van der Waals surface area (Å²) in [6.07, 6.45) is 22.3. The van der Waals surface area contributed by atoms with Gasteiger partial charge in [0.05, 0.1) is 5.41 Å². The van der Waals surface area contributed by atoms with E-state index < -0.39 is 11.0 Å².